The summed E-state index contributed by atoms with van der Waals surface area (Å²) in [6, 6.07) is 0. The minimum Gasteiger partial charge on any atom is -0.384 e. The first-order valence-corrected chi connectivity index (χ1v) is 4.10. The van der Waals surface area contributed by atoms with E-state index in [0.717, 1.165) is 0 Å². The molecule has 1 aromatic rings. The van der Waals surface area contributed by atoms with Crippen LogP contribution < -0.4 is 0 Å². The lowest BCUT2D eigenvalue weighted by molar-refractivity contribution is 0.203. The molecule has 5 nitrogen and oxygen atoms in total. The number of nitrogens with one attached hydrogen (secondary N) is 1. The fourth-order valence-corrected chi connectivity index (χ4v) is 1.40. The quantitative estimate of drug-likeness (QED) is 0.666. The summed E-state index contributed by atoms with van der Waals surface area (Å²) < 4.78 is 4.95. The Morgan fingerprint density at radius 2 is 2.55 bits per heavy atom. The highest BCUT2D eigenvalue weighted by Crippen LogP contribution is 2.16. The third-order valence-electron chi connectivity index (χ3n) is 1.03. The number of nitrogens with zero attached hydrogens (tertiary/aromatic N) is 3. The highest BCUT2D eigenvalue weighted by Gasteiger charge is 2.06. The molecule has 0 fully saturated rings. The molecule has 0 saturated heterocycles. The van der Waals surface area contributed by atoms with E-state index in [-0.39, 0.29) is 0 Å². The molecule has 0 spiro atoms. The van der Waals surface area contributed by atoms with Gasteiger partial charge in [-0.05, 0) is 5.21 Å². The number of aromatic nitrogens is 4. The van der Waals surface area contributed by atoms with Gasteiger partial charge < -0.3 is 4.74 Å². The van der Waals surface area contributed by atoms with Crippen molar-refractivity contribution in [2.75, 3.05) is 13.7 Å². The lowest BCUT2D eigenvalue weighted by Crippen LogP contribution is -2.05. The summed E-state index contributed by atoms with van der Waals surface area (Å²) in [6.45, 7) is 2.74. The molecule has 0 aliphatic heterocycles. The van der Waals surface area contributed by atoms with Gasteiger partial charge in [-0.15, -0.1) is 10.2 Å². The zero-order valence-electron chi connectivity index (χ0n) is 6.44. The van der Waals surface area contributed by atoms with Crippen LogP contribution in [-0.4, -0.2) is 39.6 Å². The molecule has 11 heavy (non-hydrogen) atoms. The van der Waals surface area contributed by atoms with Gasteiger partial charge >= 0.3 is 0 Å². The van der Waals surface area contributed by atoms with E-state index in [1.54, 1.807) is 7.11 Å². The molecule has 1 atom stereocenters. The number of H-pyrrole nitrogens is 1. The van der Waals surface area contributed by atoms with Crippen molar-refractivity contribution in [3.63, 3.8) is 0 Å². The molecule has 6 heteroatoms. The monoisotopic (exact) mass is 174 g/mol. The number of methoxy groups -OCH3 is 1. The Hall–Kier alpha value is -0.620. The summed E-state index contributed by atoms with van der Waals surface area (Å²) in [5, 5.41) is 14.4. The van der Waals surface area contributed by atoms with Crippen LogP contribution in [0.2, 0.25) is 0 Å². The summed E-state index contributed by atoms with van der Waals surface area (Å²) in [5.74, 6) is 0. The van der Waals surface area contributed by atoms with E-state index in [2.05, 4.69) is 20.6 Å². The molecule has 62 valence electrons. The summed E-state index contributed by atoms with van der Waals surface area (Å²) in [4.78, 5) is 0. The van der Waals surface area contributed by atoms with Crippen molar-refractivity contribution in [3.8, 4) is 0 Å². The number of thioether (sulfide) groups is 1. The van der Waals surface area contributed by atoms with Gasteiger partial charge in [-0.3, -0.25) is 0 Å². The van der Waals surface area contributed by atoms with E-state index in [1.165, 1.54) is 11.8 Å². The molecule has 1 heterocycles. The number of ether oxygens (including phenoxy) is 1. The van der Waals surface area contributed by atoms with Crippen LogP contribution in [0.5, 0.6) is 0 Å². The topological polar surface area (TPSA) is 63.7 Å². The second-order valence-electron chi connectivity index (χ2n) is 2.08. The molecule has 0 aromatic carbocycles. The predicted octanol–water partition coefficient (Wildman–Crippen LogP) is 0.327. The van der Waals surface area contributed by atoms with Crippen molar-refractivity contribution < 1.29 is 4.74 Å². The van der Waals surface area contributed by atoms with Crippen LogP contribution in [0.4, 0.5) is 0 Å². The van der Waals surface area contributed by atoms with Gasteiger partial charge in [0.05, 0.1) is 6.61 Å². The first-order valence-electron chi connectivity index (χ1n) is 3.22. The lowest BCUT2D eigenvalue weighted by Gasteiger charge is -2.04. The van der Waals surface area contributed by atoms with Gasteiger partial charge in [0.2, 0.25) is 5.16 Å². The van der Waals surface area contributed by atoms with Crippen LogP contribution in [-0.2, 0) is 4.74 Å². The van der Waals surface area contributed by atoms with E-state index >= 15 is 0 Å². The van der Waals surface area contributed by atoms with E-state index in [0.29, 0.717) is 17.0 Å². The van der Waals surface area contributed by atoms with Gasteiger partial charge in [0.1, 0.15) is 0 Å². The molecule has 1 aromatic heterocycles. The van der Waals surface area contributed by atoms with E-state index < -0.39 is 0 Å². The van der Waals surface area contributed by atoms with Gasteiger partial charge in [-0.2, -0.15) is 5.21 Å². The molecule has 1 N–H and O–H groups in total. The number of hydrogen-bond acceptors (Lipinski definition) is 5. The Morgan fingerprint density at radius 3 is 3.09 bits per heavy atom. The molecule has 0 aliphatic rings. The Bertz CT molecular complexity index is 190. The second kappa shape index (κ2) is 4.30. The van der Waals surface area contributed by atoms with Gasteiger partial charge in [0, 0.05) is 12.4 Å². The molecule has 0 aliphatic carbocycles. The van der Waals surface area contributed by atoms with Crippen LogP contribution >= 0.6 is 11.8 Å². The first kappa shape index (κ1) is 8.48. The Morgan fingerprint density at radius 1 is 1.73 bits per heavy atom. The normalized spacial score (nSPS) is 13.3. The lowest BCUT2D eigenvalue weighted by atomic mass is 10.5. The number of hydrogen-bond donors (Lipinski definition) is 1. The third-order valence-corrected chi connectivity index (χ3v) is 1.96. The van der Waals surface area contributed by atoms with Crippen LogP contribution in [0.3, 0.4) is 0 Å². The SMILES string of the molecule is COCC(C)Sc1nn[nH]n1. The average Bonchev–Trinajstić information content (AvgIpc) is 2.40. The highest BCUT2D eigenvalue weighted by molar-refractivity contribution is 7.99. The van der Waals surface area contributed by atoms with E-state index in [4.69, 9.17) is 4.74 Å². The molecule has 0 bridgehead atoms. The number of aromatic amines is 1. The Balaban J connectivity index is 2.31. The zero-order valence-corrected chi connectivity index (χ0v) is 7.26. The van der Waals surface area contributed by atoms with Crippen molar-refractivity contribution in [1.29, 1.82) is 0 Å². The largest absolute Gasteiger partial charge is 0.384 e. The molecule has 1 rings (SSSR count). The summed E-state index contributed by atoms with van der Waals surface area (Å²) in [5.41, 5.74) is 0. The summed E-state index contributed by atoms with van der Waals surface area (Å²) in [6.07, 6.45) is 0. The standard InChI is InChI=1S/C5H10N4OS/c1-4(3-10-2)11-5-6-8-9-7-5/h4H,3H2,1-2H3,(H,6,7,8,9). The van der Waals surface area contributed by atoms with E-state index in [9.17, 15) is 0 Å². The van der Waals surface area contributed by atoms with Crippen molar-refractivity contribution >= 4 is 11.8 Å². The molecule has 0 saturated carbocycles. The smallest absolute Gasteiger partial charge is 0.231 e. The minimum atomic E-state index is 0.359. The molecular weight excluding hydrogens is 164 g/mol. The van der Waals surface area contributed by atoms with Crippen molar-refractivity contribution in [3.05, 3.63) is 0 Å². The van der Waals surface area contributed by atoms with Crippen molar-refractivity contribution in [1.82, 2.24) is 20.6 Å². The van der Waals surface area contributed by atoms with Crippen LogP contribution in [0.1, 0.15) is 6.92 Å². The van der Waals surface area contributed by atoms with Crippen molar-refractivity contribution in [2.45, 2.75) is 17.3 Å². The Kier molecular flexibility index (Phi) is 3.31. The molecule has 0 radical (unpaired) electrons. The van der Waals surface area contributed by atoms with Crippen LogP contribution in [0.15, 0.2) is 5.16 Å². The first-order chi connectivity index (χ1) is 5.33. The van der Waals surface area contributed by atoms with Gasteiger partial charge in [-0.25, -0.2) is 0 Å². The maximum Gasteiger partial charge on any atom is 0.231 e. The maximum atomic E-state index is 4.95. The Labute approximate surface area is 68.9 Å². The second-order valence-corrected chi connectivity index (χ2v) is 3.48. The predicted molar refractivity (Wildman–Crippen MR) is 41.4 cm³/mol. The highest BCUT2D eigenvalue weighted by atomic mass is 32.2. The minimum absolute atomic E-state index is 0.359. The molecule has 0 amide bonds. The number of rotatable bonds is 4. The maximum absolute atomic E-state index is 4.95. The molecule has 1 unspecified atom stereocenters. The fourth-order valence-electron chi connectivity index (χ4n) is 0.651. The number of tetrazole rings is 1. The van der Waals surface area contributed by atoms with E-state index in [1.807, 2.05) is 6.92 Å². The third kappa shape index (κ3) is 2.85. The summed E-state index contributed by atoms with van der Waals surface area (Å²) >= 11 is 1.53. The van der Waals surface area contributed by atoms with Gasteiger partial charge in [0.15, 0.2) is 0 Å². The van der Waals surface area contributed by atoms with Crippen LogP contribution in [0, 0.1) is 0 Å². The summed E-state index contributed by atoms with van der Waals surface area (Å²) in [7, 11) is 1.67. The zero-order chi connectivity index (χ0) is 8.10. The fraction of sp³-hybridized carbons (Fsp3) is 0.800. The van der Waals surface area contributed by atoms with Crippen LogP contribution in [0.25, 0.3) is 0 Å². The average molecular weight is 174 g/mol. The van der Waals surface area contributed by atoms with Crippen molar-refractivity contribution in [2.24, 2.45) is 0 Å². The van der Waals surface area contributed by atoms with Gasteiger partial charge in [0.25, 0.3) is 0 Å². The van der Waals surface area contributed by atoms with Gasteiger partial charge in [-0.1, -0.05) is 18.7 Å². The molecular formula is C5H10N4OS.